The van der Waals surface area contributed by atoms with Gasteiger partial charge in [-0.1, -0.05) is 0 Å². The van der Waals surface area contributed by atoms with Crippen molar-refractivity contribution >= 4 is 21.6 Å². The largest absolute Gasteiger partial charge is 0.385 e. The molecule has 14 heavy (non-hydrogen) atoms. The summed E-state index contributed by atoms with van der Waals surface area (Å²) in [7, 11) is 3.79. The molecule has 4 heteroatoms. The minimum Gasteiger partial charge on any atom is -0.385 e. The van der Waals surface area contributed by atoms with Gasteiger partial charge in [-0.05, 0) is 28.4 Å². The predicted molar refractivity (Wildman–Crippen MR) is 61.7 cm³/mol. The Morgan fingerprint density at radius 3 is 3.00 bits per heavy atom. The molecule has 0 spiro atoms. The van der Waals surface area contributed by atoms with Crippen LogP contribution >= 0.6 is 15.9 Å². The molecule has 3 nitrogen and oxygen atoms in total. The van der Waals surface area contributed by atoms with Crippen LogP contribution < -0.4 is 4.90 Å². The third kappa shape index (κ3) is 3.27. The zero-order valence-corrected chi connectivity index (χ0v) is 10.1. The number of nitrogens with zero attached hydrogens (tertiary/aromatic N) is 2. The zero-order valence-electron chi connectivity index (χ0n) is 8.53. The van der Waals surface area contributed by atoms with E-state index in [4.69, 9.17) is 4.74 Å². The lowest BCUT2D eigenvalue weighted by Crippen LogP contribution is -2.20. The highest BCUT2D eigenvalue weighted by atomic mass is 79.9. The fraction of sp³-hybridized carbons (Fsp3) is 0.500. The van der Waals surface area contributed by atoms with Crippen LogP contribution in [0.3, 0.4) is 0 Å². The van der Waals surface area contributed by atoms with Gasteiger partial charge in [0.05, 0.1) is 10.2 Å². The molecule has 0 aliphatic carbocycles. The van der Waals surface area contributed by atoms with E-state index in [1.807, 2.05) is 12.3 Å². The van der Waals surface area contributed by atoms with Crippen LogP contribution in [0.2, 0.25) is 0 Å². The van der Waals surface area contributed by atoms with E-state index >= 15 is 0 Å². The molecule has 0 aromatic carbocycles. The van der Waals surface area contributed by atoms with Crippen LogP contribution in [0.4, 0.5) is 5.69 Å². The number of pyridine rings is 1. The van der Waals surface area contributed by atoms with Crippen molar-refractivity contribution in [1.29, 1.82) is 0 Å². The SMILES string of the molecule is COCCCN(C)c1ccncc1Br. The molecule has 1 heterocycles. The van der Waals surface area contributed by atoms with Crippen molar-refractivity contribution in [3.63, 3.8) is 0 Å². The lowest BCUT2D eigenvalue weighted by molar-refractivity contribution is 0.196. The minimum absolute atomic E-state index is 0.799. The van der Waals surface area contributed by atoms with E-state index < -0.39 is 0 Å². The third-order valence-corrected chi connectivity index (χ3v) is 2.62. The quantitative estimate of drug-likeness (QED) is 0.759. The maximum Gasteiger partial charge on any atom is 0.0592 e. The highest BCUT2D eigenvalue weighted by molar-refractivity contribution is 9.10. The molecule has 0 bridgehead atoms. The second kappa shape index (κ2) is 5.98. The number of anilines is 1. The fourth-order valence-corrected chi connectivity index (χ4v) is 1.80. The third-order valence-electron chi connectivity index (χ3n) is 2.00. The molecule has 0 saturated carbocycles. The van der Waals surface area contributed by atoms with Gasteiger partial charge in [-0.2, -0.15) is 0 Å². The van der Waals surface area contributed by atoms with Crippen LogP contribution in [0.1, 0.15) is 6.42 Å². The first-order chi connectivity index (χ1) is 6.75. The fourth-order valence-electron chi connectivity index (χ4n) is 1.24. The smallest absolute Gasteiger partial charge is 0.0592 e. The summed E-state index contributed by atoms with van der Waals surface area (Å²) in [5, 5.41) is 0. The Kier molecular flexibility index (Phi) is 4.90. The summed E-state index contributed by atoms with van der Waals surface area (Å²) < 4.78 is 6.04. The maximum absolute atomic E-state index is 5.01. The van der Waals surface area contributed by atoms with Crippen LogP contribution in [0.15, 0.2) is 22.9 Å². The van der Waals surface area contributed by atoms with Crippen molar-refractivity contribution in [2.45, 2.75) is 6.42 Å². The van der Waals surface area contributed by atoms with Crippen molar-refractivity contribution in [2.24, 2.45) is 0 Å². The highest BCUT2D eigenvalue weighted by Gasteiger charge is 2.03. The van der Waals surface area contributed by atoms with E-state index in [1.54, 1.807) is 13.3 Å². The van der Waals surface area contributed by atoms with Crippen LogP contribution in [0.25, 0.3) is 0 Å². The molecule has 0 radical (unpaired) electrons. The molecule has 0 N–H and O–H groups in total. The summed E-state index contributed by atoms with van der Waals surface area (Å²) in [5.41, 5.74) is 1.16. The van der Waals surface area contributed by atoms with Gasteiger partial charge in [-0.25, -0.2) is 0 Å². The Morgan fingerprint density at radius 2 is 2.36 bits per heavy atom. The molecule has 0 aliphatic rings. The molecular formula is C10H15BrN2O. The summed E-state index contributed by atoms with van der Waals surface area (Å²) in [6.45, 7) is 1.78. The predicted octanol–water partition coefficient (Wildman–Crippen LogP) is 2.32. The van der Waals surface area contributed by atoms with Gasteiger partial charge in [0.1, 0.15) is 0 Å². The molecular weight excluding hydrogens is 244 g/mol. The highest BCUT2D eigenvalue weighted by Crippen LogP contribution is 2.23. The summed E-state index contributed by atoms with van der Waals surface area (Å²) in [6.07, 6.45) is 4.64. The zero-order chi connectivity index (χ0) is 10.4. The lowest BCUT2D eigenvalue weighted by atomic mass is 10.3. The molecule has 0 saturated heterocycles. The van der Waals surface area contributed by atoms with Gasteiger partial charge >= 0.3 is 0 Å². The molecule has 0 amide bonds. The van der Waals surface area contributed by atoms with Crippen molar-refractivity contribution in [1.82, 2.24) is 4.98 Å². The van der Waals surface area contributed by atoms with Gasteiger partial charge in [0.15, 0.2) is 0 Å². The van der Waals surface area contributed by atoms with E-state index in [0.717, 1.165) is 29.7 Å². The monoisotopic (exact) mass is 258 g/mol. The maximum atomic E-state index is 5.01. The topological polar surface area (TPSA) is 25.4 Å². The average Bonchev–Trinajstić information content (AvgIpc) is 2.18. The number of aromatic nitrogens is 1. The Labute approximate surface area is 93.2 Å². The number of halogens is 1. The molecule has 0 fully saturated rings. The van der Waals surface area contributed by atoms with Gasteiger partial charge in [-0.3, -0.25) is 4.98 Å². The summed E-state index contributed by atoms with van der Waals surface area (Å²) in [6, 6.07) is 2.00. The van der Waals surface area contributed by atoms with E-state index in [9.17, 15) is 0 Å². The first kappa shape index (κ1) is 11.5. The molecule has 1 aromatic rings. The van der Waals surface area contributed by atoms with Crippen LogP contribution in [-0.4, -0.2) is 32.3 Å². The van der Waals surface area contributed by atoms with Crippen LogP contribution in [-0.2, 0) is 4.74 Å². The Hall–Kier alpha value is -0.610. The minimum atomic E-state index is 0.799. The molecule has 0 atom stereocenters. The Balaban J connectivity index is 2.51. The first-order valence-electron chi connectivity index (χ1n) is 4.55. The summed E-state index contributed by atoms with van der Waals surface area (Å²) in [5.74, 6) is 0. The first-order valence-corrected chi connectivity index (χ1v) is 5.34. The standard InChI is InChI=1S/C10H15BrN2O/c1-13(6-3-7-14-2)10-4-5-12-8-9(10)11/h4-5,8H,3,6-7H2,1-2H3. The van der Waals surface area contributed by atoms with Crippen molar-refractivity contribution in [2.75, 3.05) is 32.2 Å². The molecule has 0 aliphatic heterocycles. The lowest BCUT2D eigenvalue weighted by Gasteiger charge is -2.19. The van der Waals surface area contributed by atoms with Gasteiger partial charge in [-0.15, -0.1) is 0 Å². The number of rotatable bonds is 5. The molecule has 1 rings (SSSR count). The summed E-state index contributed by atoms with van der Waals surface area (Å²) >= 11 is 3.47. The van der Waals surface area contributed by atoms with Crippen molar-refractivity contribution < 1.29 is 4.74 Å². The second-order valence-electron chi connectivity index (χ2n) is 3.09. The van der Waals surface area contributed by atoms with Crippen LogP contribution in [0.5, 0.6) is 0 Å². The van der Waals surface area contributed by atoms with Crippen molar-refractivity contribution in [3.05, 3.63) is 22.9 Å². The van der Waals surface area contributed by atoms with E-state index in [0.29, 0.717) is 0 Å². The summed E-state index contributed by atoms with van der Waals surface area (Å²) in [4.78, 5) is 6.21. The molecule has 0 unspecified atom stereocenters. The number of methoxy groups -OCH3 is 1. The van der Waals surface area contributed by atoms with Gasteiger partial charge in [0.2, 0.25) is 0 Å². The van der Waals surface area contributed by atoms with E-state index in [2.05, 4.69) is 32.9 Å². The molecule has 1 aromatic heterocycles. The molecule has 78 valence electrons. The normalized spacial score (nSPS) is 10.2. The second-order valence-corrected chi connectivity index (χ2v) is 3.95. The number of ether oxygens (including phenoxy) is 1. The van der Waals surface area contributed by atoms with Crippen LogP contribution in [0, 0.1) is 0 Å². The van der Waals surface area contributed by atoms with Gasteiger partial charge in [0, 0.05) is 39.7 Å². The average molecular weight is 259 g/mol. The van der Waals surface area contributed by atoms with E-state index in [-0.39, 0.29) is 0 Å². The van der Waals surface area contributed by atoms with Gasteiger partial charge in [0.25, 0.3) is 0 Å². The Morgan fingerprint density at radius 1 is 1.57 bits per heavy atom. The van der Waals surface area contributed by atoms with E-state index in [1.165, 1.54) is 0 Å². The Bertz CT molecular complexity index is 281. The number of hydrogen-bond donors (Lipinski definition) is 0. The van der Waals surface area contributed by atoms with Crippen molar-refractivity contribution in [3.8, 4) is 0 Å². The van der Waals surface area contributed by atoms with Gasteiger partial charge < -0.3 is 9.64 Å². The number of hydrogen-bond acceptors (Lipinski definition) is 3.